The molecule has 0 aliphatic rings. The zero-order valence-electron chi connectivity index (χ0n) is 19.0. The van der Waals surface area contributed by atoms with E-state index in [1.807, 2.05) is 6.07 Å². The van der Waals surface area contributed by atoms with Gasteiger partial charge in [0.15, 0.2) is 0 Å². The van der Waals surface area contributed by atoms with Gasteiger partial charge in [-0.05, 0) is 23.5 Å². The largest absolute Gasteiger partial charge is 0.481 e. The van der Waals surface area contributed by atoms with Crippen molar-refractivity contribution in [2.45, 2.75) is 95.6 Å². The van der Waals surface area contributed by atoms with Crippen molar-refractivity contribution in [3.63, 3.8) is 0 Å². The second kappa shape index (κ2) is 16.2. The lowest BCUT2D eigenvalue weighted by atomic mass is 9.89. The van der Waals surface area contributed by atoms with E-state index in [1.165, 1.54) is 75.8 Å². The Morgan fingerprint density at radius 2 is 1.60 bits per heavy atom. The van der Waals surface area contributed by atoms with E-state index in [1.54, 1.807) is 0 Å². The number of unbranched alkanes of at least 4 members (excludes halogenated alkanes) is 7. The van der Waals surface area contributed by atoms with Gasteiger partial charge in [0.25, 0.3) is 0 Å². The Morgan fingerprint density at radius 1 is 1.00 bits per heavy atom. The van der Waals surface area contributed by atoms with Crippen LogP contribution in [0, 0.1) is 0 Å². The molecule has 0 radical (unpaired) electrons. The van der Waals surface area contributed by atoms with Crippen molar-refractivity contribution in [3.05, 3.63) is 35.4 Å². The van der Waals surface area contributed by atoms with Crippen LogP contribution in [0.4, 0.5) is 0 Å². The minimum absolute atomic E-state index is 0.0750. The summed E-state index contributed by atoms with van der Waals surface area (Å²) in [7, 11) is 1.40. The average molecular weight is 437 g/mol. The third kappa shape index (κ3) is 11.1. The fourth-order valence-corrected chi connectivity index (χ4v) is 5.00. The Labute approximate surface area is 187 Å². The number of rotatable bonds is 17. The summed E-state index contributed by atoms with van der Waals surface area (Å²) in [4.78, 5) is 22.9. The number of esters is 1. The number of carbonyl (C=O) groups excluding carboxylic acids is 1. The monoisotopic (exact) mass is 436 g/mol. The van der Waals surface area contributed by atoms with Crippen molar-refractivity contribution in [2.24, 2.45) is 0 Å². The molecule has 1 aromatic rings. The fraction of sp³-hybridized carbons (Fsp3) is 0.680. The predicted molar refractivity (Wildman–Crippen MR) is 126 cm³/mol. The Kier molecular flexibility index (Phi) is 14.4. The van der Waals surface area contributed by atoms with Gasteiger partial charge >= 0.3 is 11.9 Å². The van der Waals surface area contributed by atoms with Crippen LogP contribution in [0.25, 0.3) is 0 Å². The highest BCUT2D eigenvalue weighted by molar-refractivity contribution is 7.99. The molecule has 2 unspecified atom stereocenters. The van der Waals surface area contributed by atoms with Gasteiger partial charge in [-0.1, -0.05) is 89.5 Å². The van der Waals surface area contributed by atoms with Crippen molar-refractivity contribution in [1.82, 2.24) is 0 Å². The first kappa shape index (κ1) is 26.5. The van der Waals surface area contributed by atoms with Gasteiger partial charge in [-0.25, -0.2) is 0 Å². The van der Waals surface area contributed by atoms with Gasteiger partial charge in [0.2, 0.25) is 0 Å². The molecule has 0 aliphatic carbocycles. The summed E-state index contributed by atoms with van der Waals surface area (Å²) in [6, 6.07) is 8.30. The molecule has 2 atom stereocenters. The summed E-state index contributed by atoms with van der Waals surface area (Å²) in [6.45, 7) is 4.51. The van der Waals surface area contributed by atoms with E-state index in [0.29, 0.717) is 11.7 Å². The zero-order chi connectivity index (χ0) is 22.2. The van der Waals surface area contributed by atoms with E-state index in [-0.39, 0.29) is 24.1 Å². The summed E-state index contributed by atoms with van der Waals surface area (Å²) in [5, 5.41) is 8.89. The van der Waals surface area contributed by atoms with E-state index < -0.39 is 5.97 Å². The lowest BCUT2D eigenvalue weighted by molar-refractivity contribution is -0.140. The SMILES string of the molecule is CCCCCCCCCCC(C)c1ccccc1C(CC(=O)OC)SCCC(=O)O. The first-order chi connectivity index (χ1) is 14.5. The van der Waals surface area contributed by atoms with E-state index in [0.717, 1.165) is 12.0 Å². The first-order valence-corrected chi connectivity index (χ1v) is 12.5. The summed E-state index contributed by atoms with van der Waals surface area (Å²) >= 11 is 1.54. The van der Waals surface area contributed by atoms with Gasteiger partial charge in [-0.2, -0.15) is 11.8 Å². The third-order valence-corrected chi connectivity index (χ3v) is 6.84. The number of benzene rings is 1. The minimum atomic E-state index is -0.810. The van der Waals surface area contributed by atoms with Gasteiger partial charge in [0, 0.05) is 11.0 Å². The summed E-state index contributed by atoms with van der Waals surface area (Å²) in [5.74, 6) is -0.164. The number of methoxy groups -OCH3 is 1. The normalized spacial score (nSPS) is 13.0. The van der Waals surface area contributed by atoms with Gasteiger partial charge in [-0.15, -0.1) is 0 Å². The number of ether oxygens (including phenoxy) is 1. The molecule has 5 heteroatoms. The molecule has 30 heavy (non-hydrogen) atoms. The summed E-state index contributed by atoms with van der Waals surface area (Å²) < 4.78 is 4.89. The van der Waals surface area contributed by atoms with Crippen molar-refractivity contribution < 1.29 is 19.4 Å². The fourth-order valence-electron chi connectivity index (χ4n) is 3.77. The van der Waals surface area contributed by atoms with E-state index in [9.17, 15) is 9.59 Å². The molecule has 0 aromatic heterocycles. The predicted octanol–water partition coefficient (Wildman–Crippen LogP) is 7.13. The standard InChI is InChI=1S/C25H40O4S/c1-4-5-6-7-8-9-10-11-14-20(2)21-15-12-13-16-22(21)23(19-25(28)29-3)30-18-17-24(26)27/h12-13,15-16,20,23H,4-11,14,17-19H2,1-3H3,(H,26,27). The third-order valence-electron chi connectivity index (χ3n) is 5.58. The van der Waals surface area contributed by atoms with E-state index in [2.05, 4.69) is 32.0 Å². The number of hydrogen-bond donors (Lipinski definition) is 1. The molecule has 0 spiro atoms. The number of thioether (sulfide) groups is 1. The number of aliphatic carboxylic acids is 1. The van der Waals surface area contributed by atoms with Gasteiger partial charge in [0.05, 0.1) is 20.0 Å². The Bertz CT molecular complexity index is 617. The van der Waals surface area contributed by atoms with Crippen molar-refractivity contribution >= 4 is 23.7 Å². The highest BCUT2D eigenvalue weighted by Gasteiger charge is 2.22. The Morgan fingerprint density at radius 3 is 2.20 bits per heavy atom. The molecule has 1 N–H and O–H groups in total. The lowest BCUT2D eigenvalue weighted by Crippen LogP contribution is -2.11. The molecule has 0 aliphatic heterocycles. The quantitative estimate of drug-likeness (QED) is 0.208. The van der Waals surface area contributed by atoms with Gasteiger partial charge < -0.3 is 9.84 Å². The molecule has 1 rings (SSSR count). The zero-order valence-corrected chi connectivity index (χ0v) is 19.8. The Hall–Kier alpha value is -1.49. The Balaban J connectivity index is 2.66. The van der Waals surface area contributed by atoms with Crippen LogP contribution in [0.3, 0.4) is 0 Å². The van der Waals surface area contributed by atoms with Crippen LogP contribution < -0.4 is 0 Å². The maximum atomic E-state index is 12.0. The maximum absolute atomic E-state index is 12.0. The van der Waals surface area contributed by atoms with Crippen LogP contribution in [0.15, 0.2) is 24.3 Å². The van der Waals surface area contributed by atoms with Crippen LogP contribution in [-0.4, -0.2) is 29.9 Å². The molecule has 0 fully saturated rings. The molecular weight excluding hydrogens is 396 g/mol. The van der Waals surface area contributed by atoms with Crippen LogP contribution in [-0.2, 0) is 14.3 Å². The molecule has 0 heterocycles. The topological polar surface area (TPSA) is 63.6 Å². The number of carbonyl (C=O) groups is 2. The van der Waals surface area contributed by atoms with E-state index in [4.69, 9.17) is 9.84 Å². The summed E-state index contributed by atoms with van der Waals surface area (Å²) in [6.07, 6.45) is 12.0. The number of carboxylic acids is 1. The van der Waals surface area contributed by atoms with Crippen LogP contribution in [0.1, 0.15) is 107 Å². The molecule has 0 saturated carbocycles. The summed E-state index contributed by atoms with van der Waals surface area (Å²) in [5.41, 5.74) is 2.42. The van der Waals surface area contributed by atoms with Crippen LogP contribution >= 0.6 is 11.8 Å². The smallest absolute Gasteiger partial charge is 0.306 e. The number of hydrogen-bond acceptors (Lipinski definition) is 4. The molecule has 1 aromatic carbocycles. The molecule has 170 valence electrons. The van der Waals surface area contributed by atoms with Crippen molar-refractivity contribution in [2.75, 3.05) is 12.9 Å². The first-order valence-electron chi connectivity index (χ1n) is 11.5. The minimum Gasteiger partial charge on any atom is -0.481 e. The van der Waals surface area contributed by atoms with Crippen molar-refractivity contribution in [3.8, 4) is 0 Å². The van der Waals surface area contributed by atoms with Gasteiger partial charge in [0.1, 0.15) is 0 Å². The van der Waals surface area contributed by atoms with Crippen LogP contribution in [0.2, 0.25) is 0 Å². The van der Waals surface area contributed by atoms with E-state index >= 15 is 0 Å². The molecule has 0 amide bonds. The second-order valence-corrected chi connectivity index (χ2v) is 9.39. The molecule has 0 bridgehead atoms. The maximum Gasteiger partial charge on any atom is 0.306 e. The second-order valence-electron chi connectivity index (χ2n) is 8.08. The molecular formula is C25H40O4S. The number of carboxylic acid groups (broad SMARTS) is 1. The van der Waals surface area contributed by atoms with Crippen LogP contribution in [0.5, 0.6) is 0 Å². The average Bonchev–Trinajstić information content (AvgIpc) is 2.74. The lowest BCUT2D eigenvalue weighted by Gasteiger charge is -2.23. The molecule has 0 saturated heterocycles. The molecule has 4 nitrogen and oxygen atoms in total. The highest BCUT2D eigenvalue weighted by atomic mass is 32.2. The van der Waals surface area contributed by atoms with Gasteiger partial charge in [-0.3, -0.25) is 9.59 Å². The highest BCUT2D eigenvalue weighted by Crippen LogP contribution is 2.38. The van der Waals surface area contributed by atoms with Crippen molar-refractivity contribution in [1.29, 1.82) is 0 Å².